The Kier molecular flexibility index (Phi) is 6.91. The second-order valence-corrected chi connectivity index (χ2v) is 10.3. The van der Waals surface area contributed by atoms with E-state index in [-0.39, 0.29) is 35.2 Å². The molecular weight excluding hydrogens is 426 g/mol. The molecule has 0 unspecified atom stereocenters. The first-order chi connectivity index (χ1) is 15.4. The van der Waals surface area contributed by atoms with Crippen molar-refractivity contribution in [1.82, 2.24) is 10.0 Å². The summed E-state index contributed by atoms with van der Waals surface area (Å²) in [6, 6.07) is 13.5. The number of carbonyl (C=O) groups excluding carboxylic acids is 2. The van der Waals surface area contributed by atoms with Crippen LogP contribution in [0.25, 0.3) is 0 Å². The first-order valence-electron chi connectivity index (χ1n) is 11.2. The lowest BCUT2D eigenvalue weighted by molar-refractivity contribution is -0.120. The summed E-state index contributed by atoms with van der Waals surface area (Å²) in [6.45, 7) is 0.272. The van der Waals surface area contributed by atoms with Gasteiger partial charge < -0.3 is 10.6 Å². The maximum absolute atomic E-state index is 12.6. The zero-order valence-electron chi connectivity index (χ0n) is 18.0. The molecule has 2 saturated carbocycles. The van der Waals surface area contributed by atoms with E-state index >= 15 is 0 Å². The molecule has 0 spiro atoms. The van der Waals surface area contributed by atoms with E-state index in [4.69, 9.17) is 0 Å². The van der Waals surface area contributed by atoms with E-state index in [9.17, 15) is 18.0 Å². The van der Waals surface area contributed by atoms with Gasteiger partial charge in [-0.15, -0.1) is 0 Å². The fourth-order valence-electron chi connectivity index (χ4n) is 3.91. The minimum Gasteiger partial charge on any atom is -0.348 e. The molecule has 0 radical (unpaired) electrons. The highest BCUT2D eigenvalue weighted by Gasteiger charge is 2.27. The SMILES string of the molecule is O=C(NCc1ccc(S(=O)(=O)NC2CC2)cc1)c1cccc(NC(=O)C2CCCCC2)c1. The van der Waals surface area contributed by atoms with Crippen molar-refractivity contribution in [1.29, 1.82) is 0 Å². The molecule has 170 valence electrons. The molecule has 2 aliphatic rings. The molecule has 2 aromatic rings. The normalized spacial score (nSPS) is 17.0. The fourth-order valence-corrected chi connectivity index (χ4v) is 5.21. The van der Waals surface area contributed by atoms with Crippen LogP contribution < -0.4 is 15.4 Å². The second kappa shape index (κ2) is 9.83. The Morgan fingerprint density at radius 2 is 1.62 bits per heavy atom. The summed E-state index contributed by atoms with van der Waals surface area (Å²) >= 11 is 0. The van der Waals surface area contributed by atoms with Crippen LogP contribution in [0.3, 0.4) is 0 Å². The lowest BCUT2D eigenvalue weighted by Gasteiger charge is -2.20. The van der Waals surface area contributed by atoms with Crippen molar-refractivity contribution in [2.75, 3.05) is 5.32 Å². The van der Waals surface area contributed by atoms with Crippen LogP contribution >= 0.6 is 0 Å². The van der Waals surface area contributed by atoms with Gasteiger partial charge in [-0.3, -0.25) is 9.59 Å². The van der Waals surface area contributed by atoms with Gasteiger partial charge in [-0.25, -0.2) is 13.1 Å². The highest BCUT2D eigenvalue weighted by Crippen LogP contribution is 2.25. The highest BCUT2D eigenvalue weighted by molar-refractivity contribution is 7.89. The molecule has 0 heterocycles. The Labute approximate surface area is 189 Å². The molecule has 0 aliphatic heterocycles. The quantitative estimate of drug-likeness (QED) is 0.566. The van der Waals surface area contributed by atoms with Gasteiger partial charge >= 0.3 is 0 Å². The minimum absolute atomic E-state index is 0.0217. The second-order valence-electron chi connectivity index (χ2n) is 8.63. The first-order valence-corrected chi connectivity index (χ1v) is 12.7. The van der Waals surface area contributed by atoms with E-state index in [0.717, 1.165) is 44.1 Å². The predicted molar refractivity (Wildman–Crippen MR) is 123 cm³/mol. The lowest BCUT2D eigenvalue weighted by atomic mass is 9.88. The molecule has 2 aliphatic carbocycles. The molecule has 8 heteroatoms. The van der Waals surface area contributed by atoms with E-state index in [2.05, 4.69) is 15.4 Å². The van der Waals surface area contributed by atoms with Crippen LogP contribution in [-0.2, 0) is 21.4 Å². The van der Waals surface area contributed by atoms with E-state index < -0.39 is 10.0 Å². The molecular formula is C24H29N3O4S. The molecule has 0 saturated heterocycles. The van der Waals surface area contributed by atoms with Crippen molar-refractivity contribution >= 4 is 27.5 Å². The highest BCUT2D eigenvalue weighted by atomic mass is 32.2. The Bertz CT molecular complexity index is 1070. The molecule has 3 N–H and O–H groups in total. The van der Waals surface area contributed by atoms with E-state index in [1.54, 1.807) is 48.5 Å². The van der Waals surface area contributed by atoms with Crippen molar-refractivity contribution in [2.24, 2.45) is 5.92 Å². The van der Waals surface area contributed by atoms with Gasteiger partial charge in [0.1, 0.15) is 0 Å². The van der Waals surface area contributed by atoms with Crippen LogP contribution in [0.15, 0.2) is 53.4 Å². The largest absolute Gasteiger partial charge is 0.348 e. The maximum atomic E-state index is 12.6. The predicted octanol–water partition coefficient (Wildman–Crippen LogP) is 3.58. The molecule has 32 heavy (non-hydrogen) atoms. The molecule has 4 rings (SSSR count). The smallest absolute Gasteiger partial charge is 0.251 e. The summed E-state index contributed by atoms with van der Waals surface area (Å²) in [5, 5.41) is 5.78. The number of sulfonamides is 1. The van der Waals surface area contributed by atoms with E-state index in [1.807, 2.05) is 0 Å². The number of rotatable bonds is 8. The first kappa shape index (κ1) is 22.5. The summed E-state index contributed by atoms with van der Waals surface area (Å²) in [5.74, 6) is -0.188. The number of nitrogens with one attached hydrogen (secondary N) is 3. The Balaban J connectivity index is 1.32. The number of hydrogen-bond acceptors (Lipinski definition) is 4. The molecule has 2 amide bonds. The van der Waals surface area contributed by atoms with Gasteiger partial charge in [-0.05, 0) is 61.6 Å². The van der Waals surface area contributed by atoms with Crippen molar-refractivity contribution in [3.8, 4) is 0 Å². The number of amides is 2. The lowest BCUT2D eigenvalue weighted by Crippen LogP contribution is -2.26. The summed E-state index contributed by atoms with van der Waals surface area (Å²) in [5.41, 5.74) is 1.87. The average Bonchev–Trinajstić information content (AvgIpc) is 3.62. The van der Waals surface area contributed by atoms with Gasteiger partial charge in [0.15, 0.2) is 0 Å². The van der Waals surface area contributed by atoms with Crippen molar-refractivity contribution in [2.45, 2.75) is 62.4 Å². The Morgan fingerprint density at radius 1 is 0.906 bits per heavy atom. The Morgan fingerprint density at radius 3 is 2.31 bits per heavy atom. The zero-order chi connectivity index (χ0) is 22.6. The molecule has 2 fully saturated rings. The van der Waals surface area contributed by atoms with Crippen LogP contribution in [0.2, 0.25) is 0 Å². The van der Waals surface area contributed by atoms with Crippen LogP contribution in [0.1, 0.15) is 60.9 Å². The third-order valence-electron chi connectivity index (χ3n) is 5.95. The van der Waals surface area contributed by atoms with E-state index in [0.29, 0.717) is 11.3 Å². The van der Waals surface area contributed by atoms with Crippen molar-refractivity contribution in [3.05, 3.63) is 59.7 Å². The summed E-state index contributed by atoms with van der Waals surface area (Å²) < 4.78 is 27.1. The molecule has 2 aromatic carbocycles. The number of benzene rings is 2. The third kappa shape index (κ3) is 5.95. The number of carbonyl (C=O) groups is 2. The van der Waals surface area contributed by atoms with Crippen molar-refractivity contribution < 1.29 is 18.0 Å². The van der Waals surface area contributed by atoms with Gasteiger partial charge in [-0.1, -0.05) is 37.5 Å². The van der Waals surface area contributed by atoms with E-state index in [1.165, 1.54) is 6.42 Å². The van der Waals surface area contributed by atoms with Crippen LogP contribution in [0, 0.1) is 5.92 Å². The summed E-state index contributed by atoms with van der Waals surface area (Å²) in [6.07, 6.45) is 6.97. The summed E-state index contributed by atoms with van der Waals surface area (Å²) in [7, 11) is -3.48. The van der Waals surface area contributed by atoms with Gasteiger partial charge in [0.05, 0.1) is 4.90 Å². The van der Waals surface area contributed by atoms with Crippen molar-refractivity contribution in [3.63, 3.8) is 0 Å². The van der Waals surface area contributed by atoms with Crippen LogP contribution in [0.5, 0.6) is 0 Å². The van der Waals surface area contributed by atoms with Crippen LogP contribution in [0.4, 0.5) is 5.69 Å². The molecule has 0 bridgehead atoms. The molecule has 0 aromatic heterocycles. The fraction of sp³-hybridized carbons (Fsp3) is 0.417. The average molecular weight is 456 g/mol. The summed E-state index contributed by atoms with van der Waals surface area (Å²) in [4.78, 5) is 25.3. The third-order valence-corrected chi connectivity index (χ3v) is 7.49. The van der Waals surface area contributed by atoms with Gasteiger partial charge in [-0.2, -0.15) is 0 Å². The molecule has 7 nitrogen and oxygen atoms in total. The maximum Gasteiger partial charge on any atom is 0.251 e. The standard InChI is InChI=1S/C24H29N3O4S/c28-23(19-7-4-8-21(15-19)26-24(29)18-5-2-1-3-6-18)25-16-17-9-13-22(14-10-17)32(30,31)27-20-11-12-20/h4,7-10,13-15,18,20,27H,1-3,5-6,11-12,16H2,(H,25,28)(H,26,29). The van der Waals surface area contributed by atoms with Gasteiger partial charge in [0.2, 0.25) is 15.9 Å². The van der Waals surface area contributed by atoms with Crippen LogP contribution in [-0.4, -0.2) is 26.3 Å². The number of anilines is 1. The topological polar surface area (TPSA) is 104 Å². The zero-order valence-corrected chi connectivity index (χ0v) is 18.8. The number of hydrogen-bond donors (Lipinski definition) is 3. The van der Waals surface area contributed by atoms with Gasteiger partial charge in [0, 0.05) is 29.8 Å². The minimum atomic E-state index is -3.48. The Hall–Kier alpha value is -2.71. The van der Waals surface area contributed by atoms with Gasteiger partial charge in [0.25, 0.3) is 5.91 Å². The monoisotopic (exact) mass is 455 g/mol. The molecule has 0 atom stereocenters.